The molecule has 8 heteroatoms. The average Bonchev–Trinajstić information content (AvgIpc) is 2.47. The predicted octanol–water partition coefficient (Wildman–Crippen LogP) is 1.49. The van der Waals surface area contributed by atoms with Crippen LogP contribution in [0.3, 0.4) is 0 Å². The lowest BCUT2D eigenvalue weighted by Crippen LogP contribution is -2.42. The number of rotatable bonds is 4. The second-order valence-corrected chi connectivity index (χ2v) is 9.43. The molecule has 0 aromatic carbocycles. The first-order valence-corrected chi connectivity index (χ1v) is 9.00. The molecule has 23 heavy (non-hydrogen) atoms. The summed E-state index contributed by atoms with van der Waals surface area (Å²) in [6.07, 6.45) is 0. The van der Waals surface area contributed by atoms with Gasteiger partial charge < -0.3 is 5.32 Å². The molecule has 0 saturated carbocycles. The summed E-state index contributed by atoms with van der Waals surface area (Å²) < 4.78 is 29.1. The SMILES string of the molecule is Cc1nn(CC(=O)NC(C)(C)C)c(C)c1S(=O)(=O)NC(C)(C)C. The van der Waals surface area contributed by atoms with Gasteiger partial charge in [0.25, 0.3) is 0 Å². The Balaban J connectivity index is 3.12. The van der Waals surface area contributed by atoms with Crippen LogP contribution >= 0.6 is 0 Å². The van der Waals surface area contributed by atoms with Gasteiger partial charge in [-0.15, -0.1) is 0 Å². The molecule has 1 amide bonds. The van der Waals surface area contributed by atoms with Gasteiger partial charge in [0.1, 0.15) is 11.4 Å². The van der Waals surface area contributed by atoms with Crippen molar-refractivity contribution in [1.82, 2.24) is 19.8 Å². The smallest absolute Gasteiger partial charge is 0.244 e. The van der Waals surface area contributed by atoms with Crippen LogP contribution in [0, 0.1) is 13.8 Å². The van der Waals surface area contributed by atoms with Crippen LogP contribution in [0.1, 0.15) is 52.9 Å². The summed E-state index contributed by atoms with van der Waals surface area (Å²) in [4.78, 5) is 12.2. The van der Waals surface area contributed by atoms with Crippen molar-refractivity contribution in [3.8, 4) is 0 Å². The number of aromatic nitrogens is 2. The summed E-state index contributed by atoms with van der Waals surface area (Å²) in [7, 11) is -3.69. The lowest BCUT2D eigenvalue weighted by atomic mass is 10.1. The molecule has 132 valence electrons. The normalized spacial score (nSPS) is 13.2. The second-order valence-electron chi connectivity index (χ2n) is 7.81. The van der Waals surface area contributed by atoms with E-state index in [1.165, 1.54) is 4.68 Å². The van der Waals surface area contributed by atoms with E-state index in [0.717, 1.165) is 0 Å². The van der Waals surface area contributed by atoms with Crippen LogP contribution in [0.15, 0.2) is 4.90 Å². The molecule has 0 spiro atoms. The summed E-state index contributed by atoms with van der Waals surface area (Å²) in [6.45, 7) is 14.2. The predicted molar refractivity (Wildman–Crippen MR) is 89.7 cm³/mol. The van der Waals surface area contributed by atoms with Crippen molar-refractivity contribution in [2.75, 3.05) is 0 Å². The molecule has 0 atom stereocenters. The van der Waals surface area contributed by atoms with E-state index in [1.807, 2.05) is 20.8 Å². The summed E-state index contributed by atoms with van der Waals surface area (Å²) in [5, 5.41) is 7.05. The van der Waals surface area contributed by atoms with E-state index in [-0.39, 0.29) is 22.9 Å². The van der Waals surface area contributed by atoms with Crippen LogP contribution in [0.5, 0.6) is 0 Å². The first kappa shape index (κ1) is 19.6. The summed E-state index contributed by atoms with van der Waals surface area (Å²) >= 11 is 0. The largest absolute Gasteiger partial charge is 0.350 e. The standard InChI is InChI=1S/C15H28N4O3S/c1-10-13(23(21,22)18-15(6,7)8)11(2)19(17-10)9-12(20)16-14(3,4)5/h18H,9H2,1-8H3,(H,16,20). The van der Waals surface area contributed by atoms with E-state index < -0.39 is 15.6 Å². The van der Waals surface area contributed by atoms with E-state index in [9.17, 15) is 13.2 Å². The zero-order chi connectivity index (χ0) is 18.2. The Kier molecular flexibility index (Phi) is 5.33. The zero-order valence-corrected chi connectivity index (χ0v) is 16.1. The molecule has 0 fully saturated rings. The topological polar surface area (TPSA) is 93.1 Å². The van der Waals surface area contributed by atoms with Gasteiger partial charge in [-0.2, -0.15) is 5.10 Å². The molecule has 1 aromatic heterocycles. The number of nitrogens with one attached hydrogen (secondary N) is 2. The van der Waals surface area contributed by atoms with Crippen molar-refractivity contribution >= 4 is 15.9 Å². The molecule has 7 nitrogen and oxygen atoms in total. The highest BCUT2D eigenvalue weighted by molar-refractivity contribution is 7.89. The van der Waals surface area contributed by atoms with Crippen LogP contribution in [0.4, 0.5) is 0 Å². The summed E-state index contributed by atoms with van der Waals surface area (Å²) in [5.41, 5.74) is -0.120. The molecule has 0 aliphatic heterocycles. The maximum Gasteiger partial charge on any atom is 0.244 e. The monoisotopic (exact) mass is 344 g/mol. The maximum atomic E-state index is 12.6. The van der Waals surface area contributed by atoms with Gasteiger partial charge in [0, 0.05) is 11.1 Å². The number of carbonyl (C=O) groups excluding carboxylic acids is 1. The second kappa shape index (κ2) is 6.24. The lowest BCUT2D eigenvalue weighted by molar-refractivity contribution is -0.123. The van der Waals surface area contributed by atoms with Crippen molar-refractivity contribution in [1.29, 1.82) is 0 Å². The molecule has 1 rings (SSSR count). The molecule has 0 saturated heterocycles. The van der Waals surface area contributed by atoms with E-state index in [1.54, 1.807) is 34.6 Å². The van der Waals surface area contributed by atoms with E-state index in [0.29, 0.717) is 11.4 Å². The number of hydrogen-bond acceptors (Lipinski definition) is 4. The van der Waals surface area contributed by atoms with Gasteiger partial charge in [-0.1, -0.05) is 0 Å². The third-order valence-electron chi connectivity index (χ3n) is 2.83. The molecule has 2 N–H and O–H groups in total. The molecular weight excluding hydrogens is 316 g/mol. The van der Waals surface area contributed by atoms with Crippen molar-refractivity contribution in [3.05, 3.63) is 11.4 Å². The maximum absolute atomic E-state index is 12.6. The van der Waals surface area contributed by atoms with Gasteiger partial charge in [-0.3, -0.25) is 9.48 Å². The van der Waals surface area contributed by atoms with Crippen molar-refractivity contribution < 1.29 is 13.2 Å². The molecule has 0 unspecified atom stereocenters. The Morgan fingerprint density at radius 3 is 2.04 bits per heavy atom. The molecule has 0 bridgehead atoms. The van der Waals surface area contributed by atoms with E-state index in [4.69, 9.17) is 0 Å². The minimum absolute atomic E-state index is 0.0189. The Morgan fingerprint density at radius 2 is 1.61 bits per heavy atom. The molecule has 0 aliphatic carbocycles. The van der Waals surface area contributed by atoms with Crippen LogP contribution in [0.2, 0.25) is 0 Å². The third kappa shape index (κ3) is 5.62. The molecule has 1 heterocycles. The summed E-state index contributed by atoms with van der Waals surface area (Å²) in [5.74, 6) is -0.212. The van der Waals surface area contributed by atoms with Crippen molar-refractivity contribution in [2.24, 2.45) is 0 Å². The highest BCUT2D eigenvalue weighted by atomic mass is 32.2. The third-order valence-corrected chi connectivity index (χ3v) is 4.84. The van der Waals surface area contributed by atoms with Crippen molar-refractivity contribution in [3.63, 3.8) is 0 Å². The zero-order valence-electron chi connectivity index (χ0n) is 15.2. The Labute approximate surface area is 138 Å². The summed E-state index contributed by atoms with van der Waals surface area (Å²) in [6, 6.07) is 0. The molecule has 0 radical (unpaired) electrons. The fourth-order valence-corrected chi connectivity index (χ4v) is 4.10. The van der Waals surface area contributed by atoms with Crippen LogP contribution in [0.25, 0.3) is 0 Å². The van der Waals surface area contributed by atoms with E-state index >= 15 is 0 Å². The Morgan fingerprint density at radius 1 is 1.09 bits per heavy atom. The number of aryl methyl sites for hydroxylation is 1. The average molecular weight is 344 g/mol. The lowest BCUT2D eigenvalue weighted by Gasteiger charge is -2.21. The molecular formula is C15H28N4O3S. The number of hydrogen-bond donors (Lipinski definition) is 2. The fourth-order valence-electron chi connectivity index (χ4n) is 2.27. The quantitative estimate of drug-likeness (QED) is 0.865. The van der Waals surface area contributed by atoms with Crippen LogP contribution in [-0.2, 0) is 21.4 Å². The van der Waals surface area contributed by atoms with Crippen molar-refractivity contribution in [2.45, 2.75) is 77.9 Å². The van der Waals surface area contributed by atoms with Gasteiger partial charge >= 0.3 is 0 Å². The minimum Gasteiger partial charge on any atom is -0.350 e. The number of carbonyl (C=O) groups is 1. The molecule has 0 aliphatic rings. The Hall–Kier alpha value is -1.41. The highest BCUT2D eigenvalue weighted by Gasteiger charge is 2.29. The van der Waals surface area contributed by atoms with Gasteiger partial charge in [-0.25, -0.2) is 13.1 Å². The van der Waals surface area contributed by atoms with Gasteiger partial charge in [-0.05, 0) is 55.4 Å². The minimum atomic E-state index is -3.69. The molecule has 1 aromatic rings. The Bertz CT molecular complexity index is 692. The first-order valence-electron chi connectivity index (χ1n) is 7.51. The fraction of sp³-hybridized carbons (Fsp3) is 0.733. The van der Waals surface area contributed by atoms with Gasteiger partial charge in [0.2, 0.25) is 15.9 Å². The highest BCUT2D eigenvalue weighted by Crippen LogP contribution is 2.21. The number of amides is 1. The van der Waals surface area contributed by atoms with Crippen LogP contribution < -0.4 is 10.0 Å². The van der Waals surface area contributed by atoms with Gasteiger partial charge in [0.05, 0.1) is 11.4 Å². The number of sulfonamides is 1. The van der Waals surface area contributed by atoms with Gasteiger partial charge in [0.15, 0.2) is 0 Å². The van der Waals surface area contributed by atoms with E-state index in [2.05, 4.69) is 15.1 Å². The number of nitrogens with zero attached hydrogens (tertiary/aromatic N) is 2. The first-order chi connectivity index (χ1) is 10.1. The van der Waals surface area contributed by atoms with Crippen LogP contribution in [-0.4, -0.2) is 35.2 Å².